The molecule has 2 atom stereocenters. The maximum Gasteiger partial charge on any atom is 0.405 e. The van der Waals surface area contributed by atoms with Gasteiger partial charge in [0.25, 0.3) is 0 Å². The topological polar surface area (TPSA) is 144 Å². The Bertz CT molecular complexity index is 1020. The van der Waals surface area contributed by atoms with Crippen molar-refractivity contribution in [3.05, 3.63) is 71.4 Å². The zero-order chi connectivity index (χ0) is 31.8. The molecule has 0 aromatic carbocycles. The maximum absolute atomic E-state index is 12.2. The molecular formula is C32H46ClNO7S. The summed E-state index contributed by atoms with van der Waals surface area (Å²) in [7, 11) is 0. The Morgan fingerprint density at radius 3 is 2.19 bits per heavy atom. The van der Waals surface area contributed by atoms with Gasteiger partial charge in [0.1, 0.15) is 11.9 Å². The molecule has 1 amide bonds. The number of thiol groups is 1. The Hall–Kier alpha value is -3.04. The predicted molar refractivity (Wildman–Crippen MR) is 172 cm³/mol. The largest absolute Gasteiger partial charge is 0.481 e. The van der Waals surface area contributed by atoms with E-state index in [0.717, 1.165) is 37.3 Å². The molecular weight excluding hydrogens is 578 g/mol. The van der Waals surface area contributed by atoms with Crippen molar-refractivity contribution < 1.29 is 34.1 Å². The summed E-state index contributed by atoms with van der Waals surface area (Å²) in [5.41, 5.74) is 6.02. The number of aliphatic carboxylic acids is 2. The van der Waals surface area contributed by atoms with Gasteiger partial charge >= 0.3 is 18.0 Å². The van der Waals surface area contributed by atoms with Gasteiger partial charge in [-0.05, 0) is 57.1 Å². The number of ketones is 1. The molecule has 0 saturated heterocycles. The zero-order valence-corrected chi connectivity index (χ0v) is 26.3. The normalized spacial score (nSPS) is 16.5. The van der Waals surface area contributed by atoms with Crippen LogP contribution in [0.4, 0.5) is 4.79 Å². The summed E-state index contributed by atoms with van der Waals surface area (Å²) >= 11 is 10.4. The molecule has 0 heterocycles. The zero-order valence-electron chi connectivity index (χ0n) is 24.6. The number of allylic oxidation sites excluding steroid dienone is 9. The minimum Gasteiger partial charge on any atom is -0.481 e. The van der Waals surface area contributed by atoms with Crippen LogP contribution in [0.1, 0.15) is 78.1 Å². The fraction of sp³-hybridized carbons (Fsp3) is 0.500. The van der Waals surface area contributed by atoms with Gasteiger partial charge < -0.3 is 20.7 Å². The number of carboxylic acid groups (broad SMARTS) is 2. The number of primary amides is 1. The maximum atomic E-state index is 12.2. The van der Waals surface area contributed by atoms with Gasteiger partial charge in [-0.25, -0.2) is 9.59 Å². The van der Waals surface area contributed by atoms with Crippen LogP contribution in [-0.4, -0.2) is 45.9 Å². The molecule has 1 aliphatic rings. The van der Waals surface area contributed by atoms with E-state index in [9.17, 15) is 19.2 Å². The van der Waals surface area contributed by atoms with Gasteiger partial charge in [0.15, 0.2) is 0 Å². The van der Waals surface area contributed by atoms with E-state index in [4.69, 9.17) is 32.3 Å². The fourth-order valence-corrected chi connectivity index (χ4v) is 4.27. The third-order valence-corrected chi connectivity index (χ3v) is 7.09. The van der Waals surface area contributed by atoms with Crippen LogP contribution >= 0.6 is 24.2 Å². The molecule has 0 radical (unpaired) electrons. The average Bonchev–Trinajstić information content (AvgIpc) is 2.95. The highest BCUT2D eigenvalue weighted by molar-refractivity contribution is 7.80. The summed E-state index contributed by atoms with van der Waals surface area (Å²) in [5.74, 6) is -0.903. The molecule has 0 aromatic rings. The SMILES string of the molecule is CC(/C=C/C=C/C(=O)O)=C\C=C\C=C(/Cl)C(C)CCC(=O)CCCC(/C=C/CS)OC(N)=O.O=C(O)C1CCCCC1. The molecule has 234 valence electrons. The summed E-state index contributed by atoms with van der Waals surface area (Å²) in [4.78, 5) is 43.9. The summed E-state index contributed by atoms with van der Waals surface area (Å²) in [6.45, 7) is 3.87. The Balaban J connectivity index is 0.00000157. The number of nitrogens with two attached hydrogens (primary N) is 1. The highest BCUT2D eigenvalue weighted by Crippen LogP contribution is 2.23. The average molecular weight is 624 g/mol. The molecule has 2 unspecified atom stereocenters. The molecule has 0 spiro atoms. The summed E-state index contributed by atoms with van der Waals surface area (Å²) in [6.07, 6.45) is 23.4. The highest BCUT2D eigenvalue weighted by Gasteiger charge is 2.19. The number of ether oxygens (including phenoxy) is 1. The van der Waals surface area contributed by atoms with Gasteiger partial charge in [-0.3, -0.25) is 9.59 Å². The summed E-state index contributed by atoms with van der Waals surface area (Å²) in [6, 6.07) is 0. The Labute approximate surface area is 260 Å². The van der Waals surface area contributed by atoms with Gasteiger partial charge in [0.2, 0.25) is 0 Å². The quantitative estimate of drug-likeness (QED) is 0.0566. The molecule has 0 aromatic heterocycles. The van der Waals surface area contributed by atoms with Crippen LogP contribution < -0.4 is 5.73 Å². The molecule has 42 heavy (non-hydrogen) atoms. The first kappa shape index (κ1) is 39.0. The van der Waals surface area contributed by atoms with Crippen molar-refractivity contribution in [2.75, 3.05) is 5.75 Å². The summed E-state index contributed by atoms with van der Waals surface area (Å²) < 4.78 is 5.00. The number of rotatable bonds is 17. The number of halogens is 1. The van der Waals surface area contributed by atoms with Gasteiger partial charge in [0.05, 0.1) is 5.92 Å². The lowest BCUT2D eigenvalue weighted by Gasteiger charge is -2.16. The number of hydrogen-bond acceptors (Lipinski definition) is 6. The minimum atomic E-state index is -0.988. The highest BCUT2D eigenvalue weighted by atomic mass is 35.5. The first-order valence-corrected chi connectivity index (χ1v) is 15.2. The van der Waals surface area contributed by atoms with Gasteiger partial charge in [-0.2, -0.15) is 12.6 Å². The number of carbonyl (C=O) groups is 4. The molecule has 1 aliphatic carbocycles. The summed E-state index contributed by atoms with van der Waals surface area (Å²) in [5, 5.41) is 17.7. The smallest absolute Gasteiger partial charge is 0.405 e. The van der Waals surface area contributed by atoms with E-state index in [1.54, 1.807) is 30.4 Å². The monoisotopic (exact) mass is 623 g/mol. The number of amides is 1. The molecule has 1 fully saturated rings. The number of carbonyl (C=O) groups excluding carboxylic acids is 2. The van der Waals surface area contributed by atoms with E-state index >= 15 is 0 Å². The second-order valence-electron chi connectivity index (χ2n) is 10.0. The van der Waals surface area contributed by atoms with Crippen molar-refractivity contribution in [1.29, 1.82) is 0 Å². The van der Waals surface area contributed by atoms with Gasteiger partial charge in [-0.1, -0.05) is 85.9 Å². The lowest BCUT2D eigenvalue weighted by atomic mass is 9.90. The van der Waals surface area contributed by atoms with Crippen molar-refractivity contribution in [3.63, 3.8) is 0 Å². The van der Waals surface area contributed by atoms with Crippen LogP contribution in [-0.2, 0) is 19.1 Å². The van der Waals surface area contributed by atoms with Crippen molar-refractivity contribution in [2.24, 2.45) is 17.6 Å². The Morgan fingerprint density at radius 2 is 1.62 bits per heavy atom. The van der Waals surface area contributed by atoms with E-state index in [-0.39, 0.29) is 17.6 Å². The predicted octanol–water partition coefficient (Wildman–Crippen LogP) is 7.57. The minimum absolute atomic E-state index is 0.0289. The van der Waals surface area contributed by atoms with E-state index in [1.807, 2.05) is 32.1 Å². The van der Waals surface area contributed by atoms with Crippen molar-refractivity contribution >= 4 is 48.0 Å². The van der Waals surface area contributed by atoms with Crippen LogP contribution in [0.2, 0.25) is 0 Å². The van der Waals surface area contributed by atoms with Gasteiger partial charge in [-0.15, -0.1) is 0 Å². The molecule has 0 bridgehead atoms. The van der Waals surface area contributed by atoms with E-state index < -0.39 is 24.1 Å². The van der Waals surface area contributed by atoms with Crippen LogP contribution in [0.15, 0.2) is 71.4 Å². The lowest BCUT2D eigenvalue weighted by Crippen LogP contribution is -2.21. The van der Waals surface area contributed by atoms with Crippen LogP contribution in [0.3, 0.4) is 0 Å². The van der Waals surface area contributed by atoms with Crippen molar-refractivity contribution in [3.8, 4) is 0 Å². The molecule has 0 aliphatic heterocycles. The third kappa shape index (κ3) is 22.6. The van der Waals surface area contributed by atoms with Crippen molar-refractivity contribution in [1.82, 2.24) is 0 Å². The lowest BCUT2D eigenvalue weighted by molar-refractivity contribution is -0.142. The first-order valence-electron chi connectivity index (χ1n) is 14.2. The van der Waals surface area contributed by atoms with Crippen molar-refractivity contribution in [2.45, 2.75) is 84.2 Å². The molecule has 10 heteroatoms. The van der Waals surface area contributed by atoms with E-state index in [2.05, 4.69) is 12.6 Å². The van der Waals surface area contributed by atoms with Crippen LogP contribution in [0.5, 0.6) is 0 Å². The first-order chi connectivity index (χ1) is 20.0. The molecule has 1 saturated carbocycles. The van der Waals surface area contributed by atoms with E-state index in [0.29, 0.717) is 42.9 Å². The molecule has 1 rings (SSSR count). The number of carboxylic acids is 2. The molecule has 8 nitrogen and oxygen atoms in total. The van der Waals surface area contributed by atoms with Crippen LogP contribution in [0, 0.1) is 11.8 Å². The number of Topliss-reactive ketones (excluding diaryl/α,β-unsaturated/α-hetero) is 1. The Kier molecular flexibility index (Phi) is 22.8. The van der Waals surface area contributed by atoms with Crippen LogP contribution in [0.25, 0.3) is 0 Å². The van der Waals surface area contributed by atoms with Gasteiger partial charge in [0, 0.05) is 29.7 Å². The third-order valence-electron chi connectivity index (χ3n) is 6.38. The number of hydrogen-bond donors (Lipinski definition) is 4. The fourth-order valence-electron chi connectivity index (χ4n) is 3.97. The second-order valence-corrected chi connectivity index (χ2v) is 10.8. The standard InChI is InChI=1S/C25H34ClNO5S.C7H12O2/c1-19(10-4-6-15-24(29)30)9-3-5-14-23(26)20(2)16-17-21(28)11-7-12-22(13-8-18-33)32-25(27)31;8-7(9)6-4-2-1-3-5-6/h3-6,8-10,13-15,20,22,33H,7,11-12,16-18H2,1-2H3,(H2,27,31)(H,29,30);6H,1-5H2,(H,8,9)/b5-3+,10-4+,13-8+,15-6+,19-9+,23-14-;. The second kappa shape index (κ2) is 24.5. The molecule has 4 N–H and O–H groups in total. The Morgan fingerprint density at radius 1 is 0.976 bits per heavy atom. The van der Waals surface area contributed by atoms with E-state index in [1.165, 1.54) is 12.5 Å².